The maximum Gasteiger partial charge on any atom is 0.260 e. The summed E-state index contributed by atoms with van der Waals surface area (Å²) in [5.41, 5.74) is 4.10. The Morgan fingerprint density at radius 2 is 1.28 bits per heavy atom. The zero-order valence-electron chi connectivity index (χ0n) is 38.3. The van der Waals surface area contributed by atoms with E-state index in [4.69, 9.17) is 31.8 Å². The Morgan fingerprint density at radius 1 is 0.721 bits per heavy atom. The summed E-state index contributed by atoms with van der Waals surface area (Å²) in [6.45, 7) is 17.2. The molecule has 3 nitrogen and oxygen atoms in total. The van der Waals surface area contributed by atoms with Gasteiger partial charge in [0.1, 0.15) is 0 Å². The Labute approximate surface area is 389 Å². The normalized spacial score (nSPS) is 14.1. The number of thiol groups is 2. The molecule has 0 fully saturated rings. The molecule has 1 aromatic carbocycles. The number of nitrogens with zero attached hydrogens (tertiary/aromatic N) is 2. The second kappa shape index (κ2) is 26.2. The molecule has 0 N–H and O–H groups in total. The third kappa shape index (κ3) is 13.4. The third-order valence-electron chi connectivity index (χ3n) is 12.6. The van der Waals surface area contributed by atoms with Crippen LogP contribution in [-0.2, 0) is 11.3 Å². The van der Waals surface area contributed by atoms with E-state index < -0.39 is 0 Å². The van der Waals surface area contributed by atoms with Gasteiger partial charge in [-0.3, -0.25) is 4.79 Å². The minimum Gasteiger partial charge on any atom is -0.341 e. The Morgan fingerprint density at radius 3 is 1.85 bits per heavy atom. The van der Waals surface area contributed by atoms with Crippen LogP contribution in [0.4, 0.5) is 5.69 Å². The van der Waals surface area contributed by atoms with Crippen LogP contribution < -0.4 is 15.5 Å². The molecule has 1 aliphatic rings. The first-order chi connectivity index (χ1) is 29.8. The lowest BCUT2D eigenvalue weighted by Crippen LogP contribution is -2.27. The monoisotopic (exact) mass is 896 g/mol. The third-order valence-corrected chi connectivity index (χ3v) is 15.9. The number of aromatic nitrogens is 1. The van der Waals surface area contributed by atoms with E-state index in [0.29, 0.717) is 12.5 Å². The number of amides is 1. The molecule has 0 saturated carbocycles. The van der Waals surface area contributed by atoms with Crippen LogP contribution in [0.2, 0.25) is 0 Å². The molecule has 1 atom stereocenters. The van der Waals surface area contributed by atoms with Gasteiger partial charge in [-0.25, -0.2) is 0 Å². The van der Waals surface area contributed by atoms with Crippen LogP contribution >= 0.6 is 47.9 Å². The van der Waals surface area contributed by atoms with Gasteiger partial charge in [-0.1, -0.05) is 161 Å². The number of likely N-dealkylation sites (N-methyl/N-ethyl adjacent to an activating group) is 1. The van der Waals surface area contributed by atoms with Gasteiger partial charge in [0.05, 0.1) is 11.3 Å². The van der Waals surface area contributed by atoms with Gasteiger partial charge in [0.25, 0.3) is 5.91 Å². The van der Waals surface area contributed by atoms with E-state index in [-0.39, 0.29) is 5.91 Å². The van der Waals surface area contributed by atoms with E-state index in [1.165, 1.54) is 144 Å². The second-order valence-electron chi connectivity index (χ2n) is 17.2. The summed E-state index contributed by atoms with van der Waals surface area (Å²) in [6, 6.07) is 13.3. The zero-order chi connectivity index (χ0) is 43.6. The summed E-state index contributed by atoms with van der Waals surface area (Å²) < 4.78 is 2.51. The number of allylic oxidation sites excluding steroid dienone is 4. The Hall–Kier alpha value is -2.71. The van der Waals surface area contributed by atoms with Crippen LogP contribution in [0.15, 0.2) is 60.7 Å². The number of hydrogen-bond acceptors (Lipinski definition) is 5. The van der Waals surface area contributed by atoms with Gasteiger partial charge in [-0.05, 0) is 81.5 Å². The number of carbonyl (C=O) groups is 1. The van der Waals surface area contributed by atoms with E-state index >= 15 is 0 Å². The largest absolute Gasteiger partial charge is 0.341 e. The minimum atomic E-state index is 0.0871. The number of anilines is 1. The lowest BCUT2D eigenvalue weighted by atomic mass is 9.93. The predicted molar refractivity (Wildman–Crippen MR) is 281 cm³/mol. The Balaban J connectivity index is 1.47. The van der Waals surface area contributed by atoms with Crippen molar-refractivity contribution in [2.45, 2.75) is 176 Å². The molecule has 7 heteroatoms. The maximum atomic E-state index is 14.4. The number of fused-ring (bicyclic) bond motifs is 2. The molecule has 0 saturated heterocycles. The van der Waals surface area contributed by atoms with E-state index in [1.54, 1.807) is 22.7 Å². The van der Waals surface area contributed by atoms with E-state index in [1.807, 2.05) is 30.1 Å². The maximum absolute atomic E-state index is 14.4. The lowest BCUT2D eigenvalue weighted by Gasteiger charge is -2.19. The van der Waals surface area contributed by atoms with Crippen molar-refractivity contribution in [3.05, 3.63) is 86.6 Å². The van der Waals surface area contributed by atoms with Crippen molar-refractivity contribution in [2.24, 2.45) is 5.92 Å². The van der Waals surface area contributed by atoms with Gasteiger partial charge in [-0.15, -0.1) is 47.9 Å². The molecule has 4 heterocycles. The summed E-state index contributed by atoms with van der Waals surface area (Å²) in [6.07, 6.45) is 36.1. The topological polar surface area (TPSA) is 25.2 Å². The fraction of sp³-hybridized carbons (Fsp3) is 0.537. The quantitative estimate of drug-likeness (QED) is 0.0317. The van der Waals surface area contributed by atoms with Crippen molar-refractivity contribution < 1.29 is 4.79 Å². The fourth-order valence-corrected chi connectivity index (χ4v) is 11.9. The van der Waals surface area contributed by atoms with Crippen molar-refractivity contribution >= 4 is 92.4 Å². The second-order valence-corrected chi connectivity index (χ2v) is 20.4. The lowest BCUT2D eigenvalue weighted by molar-refractivity contribution is -0.113. The van der Waals surface area contributed by atoms with Gasteiger partial charge in [0.2, 0.25) is 0 Å². The highest BCUT2D eigenvalue weighted by molar-refractivity contribution is 7.91. The number of benzene rings is 1. The van der Waals surface area contributed by atoms with Gasteiger partial charge in [-0.2, -0.15) is 0 Å². The van der Waals surface area contributed by atoms with Gasteiger partial charge >= 0.3 is 0 Å². The molecule has 0 spiro atoms. The molecule has 1 unspecified atom stereocenters. The molecule has 5 rings (SSSR count). The summed E-state index contributed by atoms with van der Waals surface area (Å²) in [4.78, 5) is 22.8. The van der Waals surface area contributed by atoms with Crippen LogP contribution in [0.25, 0.3) is 42.6 Å². The summed E-state index contributed by atoms with van der Waals surface area (Å²) in [5, 5.41) is 3.24. The Kier molecular flexibility index (Phi) is 21.2. The molecule has 4 aromatic rings. The van der Waals surface area contributed by atoms with Crippen LogP contribution in [0.5, 0.6) is 0 Å². The number of hydrogen-bond donors (Lipinski definition) is 2. The highest BCUT2D eigenvalue weighted by atomic mass is 32.1. The van der Waals surface area contributed by atoms with Crippen molar-refractivity contribution in [1.82, 2.24) is 4.57 Å². The highest BCUT2D eigenvalue weighted by Gasteiger charge is 2.32. The molecule has 3 aromatic heterocycles. The van der Waals surface area contributed by atoms with Crippen molar-refractivity contribution in [3.63, 3.8) is 0 Å². The fourth-order valence-electron chi connectivity index (χ4n) is 9.12. The standard InChI is InChI=1S/C54H76N2OS4/c1-7-12-15-17-19-21-22-24-26-28-31-41(30-27-25-23-20-18-16-13-8-2)39-56-40(6)52(47(59)29-10-4)42-37-44-43(38-45(42)56)53(54(57)55(44)11-5)51-36-35-50(61-51)49-34-33-48(60-49)46(58)32-14-9-3/h9,14,29,32-38,41,58-59H,6-8,10-13,15-28,30-31,39H2,1-5H3/b14-9+,46-32-,47-29-. The van der Waals surface area contributed by atoms with Crippen LogP contribution in [-0.4, -0.2) is 17.0 Å². The molecular weight excluding hydrogens is 821 g/mol. The molecule has 0 radical (unpaired) electrons. The smallest absolute Gasteiger partial charge is 0.260 e. The van der Waals surface area contributed by atoms with Crippen molar-refractivity contribution in [1.29, 1.82) is 0 Å². The van der Waals surface area contributed by atoms with E-state index in [9.17, 15) is 4.79 Å². The van der Waals surface area contributed by atoms with Gasteiger partial charge in [0.15, 0.2) is 0 Å². The molecule has 0 aliphatic carbocycles. The number of rotatable bonds is 29. The first kappa shape index (κ1) is 49.3. The van der Waals surface area contributed by atoms with Gasteiger partial charge in [0, 0.05) is 69.4 Å². The number of unbranched alkanes of at least 4 members (excludes halogenated alkanes) is 16. The van der Waals surface area contributed by atoms with E-state index in [2.05, 4.69) is 74.7 Å². The van der Waals surface area contributed by atoms with Gasteiger partial charge < -0.3 is 9.47 Å². The zero-order valence-corrected chi connectivity index (χ0v) is 41.8. The summed E-state index contributed by atoms with van der Waals surface area (Å²) in [5.74, 6) is 0.673. The number of thiophene rings is 2. The van der Waals surface area contributed by atoms with E-state index in [0.717, 1.165) is 65.3 Å². The average molecular weight is 897 g/mol. The van der Waals surface area contributed by atoms with Crippen LogP contribution in [0, 0.1) is 5.92 Å². The first-order valence-corrected chi connectivity index (χ1v) is 26.6. The van der Waals surface area contributed by atoms with Crippen LogP contribution in [0.3, 0.4) is 0 Å². The molecule has 332 valence electrons. The molecule has 0 bridgehead atoms. The Bertz CT molecular complexity index is 2200. The SMILES string of the molecule is C=c1c(/C(S)=C/CC)c2cc3c(cc2n1CC(CCCCCCCCCC)CCCCCCCCCCCC)=C(c1ccc(-c2ccc(/C(S)=C/C=C/C)s2)s1)C(=O)N3CC. The summed E-state index contributed by atoms with van der Waals surface area (Å²) in [7, 11) is 0. The predicted octanol–water partition coefficient (Wildman–Crippen LogP) is 16.4. The van der Waals surface area contributed by atoms with Crippen LogP contribution in [0.1, 0.15) is 185 Å². The summed E-state index contributed by atoms with van der Waals surface area (Å²) >= 11 is 13.3. The molecule has 1 amide bonds. The minimum absolute atomic E-state index is 0.0871. The highest BCUT2D eigenvalue weighted by Crippen LogP contribution is 2.40. The molecule has 1 aliphatic heterocycles. The molecular formula is C54H76N2OS4. The van der Waals surface area contributed by atoms with Crippen molar-refractivity contribution in [3.8, 4) is 9.75 Å². The van der Waals surface area contributed by atoms with Crippen molar-refractivity contribution in [2.75, 3.05) is 11.4 Å². The average Bonchev–Trinajstić information content (AvgIpc) is 4.05. The number of carbonyl (C=O) groups excluding carboxylic acids is 1. The molecule has 61 heavy (non-hydrogen) atoms. The first-order valence-electron chi connectivity index (χ1n) is 24.1.